The molecule has 1 aliphatic carbocycles. The van der Waals surface area contributed by atoms with Crippen LogP contribution in [-0.4, -0.2) is 37.9 Å². The Morgan fingerprint density at radius 2 is 2.08 bits per heavy atom. The summed E-state index contributed by atoms with van der Waals surface area (Å²) in [5.74, 6) is 0.606. The molecule has 1 atom stereocenters. The van der Waals surface area contributed by atoms with Crippen molar-refractivity contribution in [3.8, 4) is 0 Å². The first-order chi connectivity index (χ1) is 11.8. The fourth-order valence-electron chi connectivity index (χ4n) is 2.67. The minimum Gasteiger partial charge on any atom is -0.464 e. The fraction of sp³-hybridized carbons (Fsp3) is 0.529. The van der Waals surface area contributed by atoms with Crippen LogP contribution in [0.2, 0.25) is 0 Å². The highest BCUT2D eigenvalue weighted by atomic mass is 32.1. The molecule has 0 aliphatic heterocycles. The van der Waals surface area contributed by atoms with Gasteiger partial charge in [0.1, 0.15) is 11.5 Å². The van der Waals surface area contributed by atoms with Crippen molar-refractivity contribution >= 4 is 23.3 Å². The molecule has 2 aromatic heterocycles. The van der Waals surface area contributed by atoms with Gasteiger partial charge in [0.25, 0.3) is 11.8 Å². The minimum atomic E-state index is -0.824. The van der Waals surface area contributed by atoms with E-state index < -0.39 is 11.6 Å². The summed E-state index contributed by atoms with van der Waals surface area (Å²) in [6.45, 7) is 7.53. The summed E-state index contributed by atoms with van der Waals surface area (Å²) in [5, 5.41) is 8.44. The van der Waals surface area contributed by atoms with Gasteiger partial charge in [0.15, 0.2) is 11.7 Å². The lowest BCUT2D eigenvalue weighted by Gasteiger charge is -2.32. The number of hydrogen-bond acceptors (Lipinski definition) is 6. The smallest absolute Gasteiger partial charge is 0.276 e. The first kappa shape index (κ1) is 17.6. The van der Waals surface area contributed by atoms with Gasteiger partial charge in [-0.25, -0.2) is 0 Å². The van der Waals surface area contributed by atoms with Crippen molar-refractivity contribution < 1.29 is 14.0 Å². The molecule has 1 aliphatic rings. The highest BCUT2D eigenvalue weighted by Crippen LogP contribution is 2.36. The maximum Gasteiger partial charge on any atom is 0.276 e. The number of rotatable bonds is 5. The zero-order chi connectivity index (χ0) is 18.2. The summed E-state index contributed by atoms with van der Waals surface area (Å²) in [5.41, 5.74) is -0.161. The molecule has 2 amide bonds. The molecule has 1 saturated carbocycles. The van der Waals surface area contributed by atoms with Gasteiger partial charge in [-0.1, -0.05) is 4.49 Å². The SMILES string of the molecule is Cc1ccc(C(C(=O)NC(C)(C)C)N(C(=O)c2csnn2)C2CC2)o1. The van der Waals surface area contributed by atoms with E-state index in [9.17, 15) is 9.59 Å². The highest BCUT2D eigenvalue weighted by Gasteiger charge is 2.44. The first-order valence-corrected chi connectivity index (χ1v) is 9.08. The summed E-state index contributed by atoms with van der Waals surface area (Å²) >= 11 is 1.11. The molecule has 2 heterocycles. The molecule has 0 saturated heterocycles. The van der Waals surface area contributed by atoms with E-state index in [1.807, 2.05) is 27.7 Å². The van der Waals surface area contributed by atoms with E-state index in [1.165, 1.54) is 0 Å². The Morgan fingerprint density at radius 1 is 1.36 bits per heavy atom. The second kappa shape index (κ2) is 6.59. The number of aryl methyl sites for hydroxylation is 1. The van der Waals surface area contributed by atoms with Crippen molar-refractivity contribution in [2.45, 2.75) is 58.2 Å². The van der Waals surface area contributed by atoms with Crippen LogP contribution < -0.4 is 5.32 Å². The van der Waals surface area contributed by atoms with E-state index in [-0.39, 0.29) is 23.6 Å². The molecule has 134 valence electrons. The monoisotopic (exact) mass is 362 g/mol. The van der Waals surface area contributed by atoms with Gasteiger partial charge < -0.3 is 14.6 Å². The summed E-state index contributed by atoms with van der Waals surface area (Å²) in [7, 11) is 0. The topological polar surface area (TPSA) is 88.3 Å². The average Bonchev–Trinajstić information content (AvgIpc) is 3.02. The Labute approximate surface area is 150 Å². The van der Waals surface area contributed by atoms with E-state index >= 15 is 0 Å². The van der Waals surface area contributed by atoms with Gasteiger partial charge in [-0.15, -0.1) is 5.10 Å². The standard InChI is InChI=1S/C17H22N4O3S/c1-10-5-8-13(24-10)14(15(22)18-17(2,3)4)21(11-6-7-11)16(23)12-9-25-20-19-12/h5,8-9,11,14H,6-7H2,1-4H3,(H,18,22). The second-order valence-electron chi connectivity index (χ2n) is 7.32. The molecule has 1 unspecified atom stereocenters. The number of carbonyl (C=O) groups excluding carboxylic acids is 2. The molecule has 2 aromatic rings. The Kier molecular flexibility index (Phi) is 4.64. The molecule has 0 radical (unpaired) electrons. The van der Waals surface area contributed by atoms with Gasteiger partial charge in [-0.2, -0.15) is 0 Å². The van der Waals surface area contributed by atoms with Crippen LogP contribution in [0.4, 0.5) is 0 Å². The van der Waals surface area contributed by atoms with E-state index in [1.54, 1.807) is 22.4 Å². The van der Waals surface area contributed by atoms with Gasteiger partial charge >= 0.3 is 0 Å². The summed E-state index contributed by atoms with van der Waals surface area (Å²) in [6.07, 6.45) is 1.73. The lowest BCUT2D eigenvalue weighted by molar-refractivity contribution is -0.128. The lowest BCUT2D eigenvalue weighted by atomic mass is 10.1. The minimum absolute atomic E-state index is 0.00956. The Morgan fingerprint density at radius 3 is 2.56 bits per heavy atom. The number of nitrogens with zero attached hydrogens (tertiary/aromatic N) is 3. The van der Waals surface area contributed by atoms with Gasteiger partial charge in [0.2, 0.25) is 0 Å². The second-order valence-corrected chi connectivity index (χ2v) is 7.93. The molecule has 8 heteroatoms. The number of furan rings is 1. The van der Waals surface area contributed by atoms with Crippen LogP contribution in [-0.2, 0) is 4.79 Å². The van der Waals surface area contributed by atoms with Crippen molar-refractivity contribution in [1.29, 1.82) is 0 Å². The summed E-state index contributed by atoms with van der Waals surface area (Å²) in [6, 6.07) is 2.74. The average molecular weight is 362 g/mol. The van der Waals surface area contributed by atoms with Crippen molar-refractivity contribution in [1.82, 2.24) is 19.8 Å². The van der Waals surface area contributed by atoms with Gasteiger partial charge in [-0.3, -0.25) is 9.59 Å². The van der Waals surface area contributed by atoms with Crippen molar-refractivity contribution in [3.05, 3.63) is 34.7 Å². The maximum absolute atomic E-state index is 13.0. The van der Waals surface area contributed by atoms with Crippen molar-refractivity contribution in [2.24, 2.45) is 0 Å². The molecule has 1 N–H and O–H groups in total. The van der Waals surface area contributed by atoms with Gasteiger partial charge in [0.05, 0.1) is 0 Å². The van der Waals surface area contributed by atoms with E-state index in [0.29, 0.717) is 11.5 Å². The quantitative estimate of drug-likeness (QED) is 0.883. The zero-order valence-corrected chi connectivity index (χ0v) is 15.6. The number of nitrogens with one attached hydrogen (secondary N) is 1. The third-order valence-corrected chi connectivity index (χ3v) is 4.31. The van der Waals surface area contributed by atoms with Crippen LogP contribution in [0.3, 0.4) is 0 Å². The van der Waals surface area contributed by atoms with Crippen LogP contribution in [0.15, 0.2) is 21.9 Å². The zero-order valence-electron chi connectivity index (χ0n) is 14.8. The van der Waals surface area contributed by atoms with Crippen LogP contribution in [0.1, 0.15) is 61.7 Å². The predicted molar refractivity (Wildman–Crippen MR) is 93.2 cm³/mol. The Bertz CT molecular complexity index is 759. The Balaban J connectivity index is 1.98. The number of aromatic nitrogens is 2. The largest absolute Gasteiger partial charge is 0.464 e. The molecule has 0 bridgehead atoms. The number of amides is 2. The van der Waals surface area contributed by atoms with Crippen LogP contribution in [0, 0.1) is 6.92 Å². The molecule has 25 heavy (non-hydrogen) atoms. The molecule has 1 fully saturated rings. The van der Waals surface area contributed by atoms with E-state index in [4.69, 9.17) is 4.42 Å². The fourth-order valence-corrected chi connectivity index (χ4v) is 3.10. The van der Waals surface area contributed by atoms with Crippen LogP contribution >= 0.6 is 11.5 Å². The third kappa shape index (κ3) is 4.07. The normalized spacial score (nSPS) is 15.7. The highest BCUT2D eigenvalue weighted by molar-refractivity contribution is 7.03. The molecule has 0 spiro atoms. The molecule has 3 rings (SSSR count). The van der Waals surface area contributed by atoms with E-state index in [0.717, 1.165) is 24.4 Å². The number of carbonyl (C=O) groups is 2. The summed E-state index contributed by atoms with van der Waals surface area (Å²) < 4.78 is 9.49. The molecular formula is C17H22N4O3S. The Hall–Kier alpha value is -2.22. The van der Waals surface area contributed by atoms with Crippen molar-refractivity contribution in [3.63, 3.8) is 0 Å². The van der Waals surface area contributed by atoms with Crippen LogP contribution in [0.5, 0.6) is 0 Å². The molecule has 7 nitrogen and oxygen atoms in total. The summed E-state index contributed by atoms with van der Waals surface area (Å²) in [4.78, 5) is 27.6. The van der Waals surface area contributed by atoms with Crippen LogP contribution in [0.25, 0.3) is 0 Å². The lowest BCUT2D eigenvalue weighted by Crippen LogP contribution is -2.50. The maximum atomic E-state index is 13.0. The van der Waals surface area contributed by atoms with Crippen molar-refractivity contribution in [2.75, 3.05) is 0 Å². The first-order valence-electron chi connectivity index (χ1n) is 8.24. The van der Waals surface area contributed by atoms with E-state index in [2.05, 4.69) is 14.9 Å². The third-order valence-electron chi connectivity index (χ3n) is 3.81. The van der Waals surface area contributed by atoms with Gasteiger partial charge in [0, 0.05) is 17.0 Å². The number of hydrogen-bond donors (Lipinski definition) is 1. The molecule has 0 aromatic carbocycles. The predicted octanol–water partition coefficient (Wildman–Crippen LogP) is 2.70. The van der Waals surface area contributed by atoms with Gasteiger partial charge in [-0.05, 0) is 64.2 Å². The molecular weight excluding hydrogens is 340 g/mol.